The molecule has 7 nitrogen and oxygen atoms in total. The van der Waals surface area contributed by atoms with E-state index in [2.05, 4.69) is 9.88 Å². The molecular formula is C20H19F3N4O3S. The van der Waals surface area contributed by atoms with Crippen LogP contribution in [0.1, 0.15) is 17.7 Å². The average molecular weight is 452 g/mol. The van der Waals surface area contributed by atoms with Crippen LogP contribution >= 0.6 is 0 Å². The molecule has 0 spiro atoms. The number of pyridine rings is 1. The van der Waals surface area contributed by atoms with Crippen LogP contribution in [0.2, 0.25) is 0 Å². The van der Waals surface area contributed by atoms with Gasteiger partial charge in [-0.2, -0.15) is 22.7 Å². The molecule has 164 valence electrons. The van der Waals surface area contributed by atoms with E-state index in [1.54, 1.807) is 12.1 Å². The highest BCUT2D eigenvalue weighted by Crippen LogP contribution is 2.32. The molecule has 2 saturated heterocycles. The van der Waals surface area contributed by atoms with Gasteiger partial charge in [-0.25, -0.2) is 13.4 Å². The molecule has 0 aliphatic carbocycles. The zero-order valence-electron chi connectivity index (χ0n) is 16.3. The summed E-state index contributed by atoms with van der Waals surface area (Å²) in [6.45, 7) is 1.46. The number of benzene rings is 1. The van der Waals surface area contributed by atoms with Crippen LogP contribution in [0.25, 0.3) is 0 Å². The van der Waals surface area contributed by atoms with Crippen LogP contribution in [0, 0.1) is 11.3 Å². The lowest BCUT2D eigenvalue weighted by atomic mass is 10.2. The Morgan fingerprint density at radius 2 is 1.97 bits per heavy atom. The summed E-state index contributed by atoms with van der Waals surface area (Å²) < 4.78 is 72.1. The number of nitriles is 1. The summed E-state index contributed by atoms with van der Waals surface area (Å²) >= 11 is 0. The van der Waals surface area contributed by atoms with Crippen LogP contribution in [0.5, 0.6) is 5.75 Å². The van der Waals surface area contributed by atoms with Gasteiger partial charge in [-0.05, 0) is 30.3 Å². The Balaban J connectivity index is 1.44. The first-order chi connectivity index (χ1) is 14.7. The summed E-state index contributed by atoms with van der Waals surface area (Å²) in [5.41, 5.74) is -0.704. The second kappa shape index (κ2) is 8.11. The van der Waals surface area contributed by atoms with Crippen molar-refractivity contribution in [1.29, 1.82) is 5.26 Å². The number of rotatable bonds is 4. The van der Waals surface area contributed by atoms with Crippen molar-refractivity contribution in [3.63, 3.8) is 0 Å². The fourth-order valence-electron chi connectivity index (χ4n) is 3.96. The zero-order chi connectivity index (χ0) is 22.2. The minimum absolute atomic E-state index is 0.0920. The molecule has 1 aromatic carbocycles. The van der Waals surface area contributed by atoms with Crippen molar-refractivity contribution in [1.82, 2.24) is 14.2 Å². The number of ether oxygens (including phenoxy) is 1. The van der Waals surface area contributed by atoms with Gasteiger partial charge < -0.3 is 4.74 Å². The minimum Gasteiger partial charge on any atom is -0.487 e. The average Bonchev–Trinajstić information content (AvgIpc) is 3.15. The summed E-state index contributed by atoms with van der Waals surface area (Å²) in [4.78, 5) is 5.73. The smallest absolute Gasteiger partial charge is 0.416 e. The van der Waals surface area contributed by atoms with E-state index < -0.39 is 21.8 Å². The summed E-state index contributed by atoms with van der Waals surface area (Å²) in [7, 11) is -4.04. The van der Waals surface area contributed by atoms with E-state index in [0.717, 1.165) is 12.1 Å². The highest BCUT2D eigenvalue weighted by Gasteiger charge is 2.41. The number of hydrogen-bond acceptors (Lipinski definition) is 6. The molecule has 4 rings (SSSR count). The molecule has 0 radical (unpaired) electrons. The van der Waals surface area contributed by atoms with Gasteiger partial charge in [-0.15, -0.1) is 0 Å². The number of fused-ring (bicyclic) bond motifs is 1. The Labute approximate surface area is 177 Å². The Kier molecular flexibility index (Phi) is 5.63. The number of nitrogens with zero attached hydrogens (tertiary/aromatic N) is 4. The van der Waals surface area contributed by atoms with E-state index in [1.165, 1.54) is 16.6 Å². The predicted molar refractivity (Wildman–Crippen MR) is 104 cm³/mol. The van der Waals surface area contributed by atoms with Gasteiger partial charge in [0.15, 0.2) is 0 Å². The Hall–Kier alpha value is -2.68. The van der Waals surface area contributed by atoms with Crippen molar-refractivity contribution in [3.05, 3.63) is 53.9 Å². The summed E-state index contributed by atoms with van der Waals surface area (Å²) in [5, 5.41) is 8.81. The van der Waals surface area contributed by atoms with E-state index in [4.69, 9.17) is 10.00 Å². The van der Waals surface area contributed by atoms with Crippen molar-refractivity contribution < 1.29 is 26.3 Å². The number of halogens is 3. The first-order valence-corrected chi connectivity index (χ1v) is 11.0. The van der Waals surface area contributed by atoms with E-state index in [-0.39, 0.29) is 35.8 Å². The maximum Gasteiger partial charge on any atom is 0.416 e. The molecule has 31 heavy (non-hydrogen) atoms. The highest BCUT2D eigenvalue weighted by molar-refractivity contribution is 7.89. The molecule has 2 fully saturated rings. The van der Waals surface area contributed by atoms with Crippen LogP contribution in [0.15, 0.2) is 47.5 Å². The van der Waals surface area contributed by atoms with Crippen LogP contribution in [0.4, 0.5) is 13.2 Å². The van der Waals surface area contributed by atoms with E-state index in [9.17, 15) is 21.6 Å². The van der Waals surface area contributed by atoms with E-state index in [0.29, 0.717) is 31.3 Å². The van der Waals surface area contributed by atoms with Gasteiger partial charge in [0.25, 0.3) is 0 Å². The fourth-order valence-corrected chi connectivity index (χ4v) is 5.48. The maximum absolute atomic E-state index is 13.0. The first-order valence-electron chi connectivity index (χ1n) is 9.61. The molecule has 0 amide bonds. The number of aromatic nitrogens is 1. The highest BCUT2D eigenvalue weighted by atomic mass is 32.2. The quantitative estimate of drug-likeness (QED) is 0.709. The summed E-state index contributed by atoms with van der Waals surface area (Å²) in [6.07, 6.45) is -2.73. The normalized spacial score (nSPS) is 22.6. The van der Waals surface area contributed by atoms with Crippen molar-refractivity contribution in [3.8, 4) is 11.8 Å². The van der Waals surface area contributed by atoms with Gasteiger partial charge in [0.1, 0.15) is 23.6 Å². The summed E-state index contributed by atoms with van der Waals surface area (Å²) in [6, 6.07) is 8.89. The van der Waals surface area contributed by atoms with Gasteiger partial charge in [0.05, 0.1) is 16.7 Å². The van der Waals surface area contributed by atoms with Crippen molar-refractivity contribution in [2.24, 2.45) is 0 Å². The topological polar surface area (TPSA) is 86.5 Å². The van der Waals surface area contributed by atoms with Gasteiger partial charge in [0, 0.05) is 38.6 Å². The lowest BCUT2D eigenvalue weighted by Gasteiger charge is -2.36. The summed E-state index contributed by atoms with van der Waals surface area (Å²) in [5.74, 6) is 0.525. The maximum atomic E-state index is 13.0. The molecular weight excluding hydrogens is 433 g/mol. The molecule has 3 heterocycles. The number of piperazine rings is 1. The van der Waals surface area contributed by atoms with Crippen LogP contribution in [-0.4, -0.2) is 60.9 Å². The SMILES string of the molecule is N#Cc1ccc(O[C@@H]2C[C@H]3CN(S(=O)(=O)c4cccc(C(F)(F)F)c4)CCN3C2)cn1. The van der Waals surface area contributed by atoms with Gasteiger partial charge >= 0.3 is 6.18 Å². The Morgan fingerprint density at radius 3 is 2.65 bits per heavy atom. The van der Waals surface area contributed by atoms with Gasteiger partial charge in [0.2, 0.25) is 10.0 Å². The number of hydrogen-bond donors (Lipinski definition) is 0. The van der Waals surface area contributed by atoms with Crippen molar-refractivity contribution >= 4 is 10.0 Å². The lowest BCUT2D eigenvalue weighted by molar-refractivity contribution is -0.137. The second-order valence-electron chi connectivity index (χ2n) is 7.50. The third kappa shape index (κ3) is 4.51. The molecule has 0 saturated carbocycles. The third-order valence-corrected chi connectivity index (χ3v) is 7.35. The monoisotopic (exact) mass is 452 g/mol. The molecule has 2 aliphatic heterocycles. The molecule has 0 unspecified atom stereocenters. The lowest BCUT2D eigenvalue weighted by Crippen LogP contribution is -2.51. The second-order valence-corrected chi connectivity index (χ2v) is 9.44. The third-order valence-electron chi connectivity index (χ3n) is 5.49. The van der Waals surface area contributed by atoms with Crippen LogP contribution < -0.4 is 4.74 Å². The fraction of sp³-hybridized carbons (Fsp3) is 0.400. The molecule has 2 atom stereocenters. The van der Waals surface area contributed by atoms with Gasteiger partial charge in [-0.1, -0.05) is 6.07 Å². The van der Waals surface area contributed by atoms with E-state index >= 15 is 0 Å². The van der Waals surface area contributed by atoms with Crippen LogP contribution in [0.3, 0.4) is 0 Å². The van der Waals surface area contributed by atoms with Crippen LogP contribution in [-0.2, 0) is 16.2 Å². The molecule has 1 aromatic heterocycles. The predicted octanol–water partition coefficient (Wildman–Crippen LogP) is 2.50. The van der Waals surface area contributed by atoms with Crippen molar-refractivity contribution in [2.75, 3.05) is 26.2 Å². The molecule has 2 aromatic rings. The largest absolute Gasteiger partial charge is 0.487 e. The first kappa shape index (κ1) is 21.5. The zero-order valence-corrected chi connectivity index (χ0v) is 17.1. The molecule has 2 aliphatic rings. The Bertz CT molecular complexity index is 1100. The molecule has 11 heteroatoms. The van der Waals surface area contributed by atoms with E-state index in [1.807, 2.05) is 6.07 Å². The molecule has 0 N–H and O–H groups in total. The minimum atomic E-state index is -4.61. The number of alkyl halides is 3. The van der Waals surface area contributed by atoms with Gasteiger partial charge in [-0.3, -0.25) is 4.90 Å². The molecule has 0 bridgehead atoms. The Morgan fingerprint density at radius 1 is 1.16 bits per heavy atom. The number of sulfonamides is 1. The standard InChI is InChI=1S/C20H19F3N4O3S/c21-20(22,23)14-2-1-3-19(8-14)31(28,29)27-7-6-26-13-18(9-16(26)12-27)30-17-5-4-15(10-24)25-11-17/h1-5,8,11,16,18H,6-7,9,12-13H2/t16-,18+/m0/s1. The van der Waals surface area contributed by atoms with Crippen molar-refractivity contribution in [2.45, 2.75) is 29.6 Å².